The molecule has 6 N–H and O–H groups in total. The summed E-state index contributed by atoms with van der Waals surface area (Å²) in [6.07, 6.45) is 1.59. The zero-order valence-corrected chi connectivity index (χ0v) is 22.1. The van der Waals surface area contributed by atoms with Crippen LogP contribution in [0.1, 0.15) is 46.6 Å². The maximum absolute atomic E-state index is 13.3. The van der Waals surface area contributed by atoms with Crippen LogP contribution in [0.4, 0.5) is 0 Å². The molecule has 1 aliphatic heterocycles. The minimum absolute atomic E-state index is 0.00265. The first-order valence-electron chi connectivity index (χ1n) is 12.4. The number of hydrogen-bond donors (Lipinski definition) is 6. The van der Waals surface area contributed by atoms with Gasteiger partial charge in [0.1, 0.15) is 24.2 Å². The van der Waals surface area contributed by atoms with Crippen molar-refractivity contribution in [1.82, 2.24) is 21.3 Å². The number of phenols is 2. The Morgan fingerprint density at radius 3 is 2.37 bits per heavy atom. The number of amides is 4. The van der Waals surface area contributed by atoms with Crippen LogP contribution < -0.4 is 21.3 Å². The molecule has 0 aromatic heterocycles. The van der Waals surface area contributed by atoms with Crippen LogP contribution in [-0.2, 0) is 28.7 Å². The van der Waals surface area contributed by atoms with E-state index >= 15 is 0 Å². The lowest BCUT2D eigenvalue weighted by atomic mass is 10.0. The lowest BCUT2D eigenvalue weighted by Crippen LogP contribution is -2.59. The van der Waals surface area contributed by atoms with E-state index in [0.29, 0.717) is 5.56 Å². The number of carbonyl (C=O) groups is 5. The smallest absolute Gasteiger partial charge is 0.310 e. The van der Waals surface area contributed by atoms with E-state index in [1.165, 1.54) is 45.0 Å². The molecule has 5 atom stereocenters. The summed E-state index contributed by atoms with van der Waals surface area (Å²) >= 11 is 0. The molecule has 1 aromatic rings. The van der Waals surface area contributed by atoms with Gasteiger partial charge in [-0.3, -0.25) is 24.0 Å². The molecule has 0 radical (unpaired) electrons. The molecule has 0 aliphatic carbocycles. The van der Waals surface area contributed by atoms with Gasteiger partial charge in [-0.05, 0) is 50.0 Å². The lowest BCUT2D eigenvalue weighted by molar-refractivity contribution is -0.156. The topological polar surface area (TPSA) is 183 Å². The lowest BCUT2D eigenvalue weighted by Gasteiger charge is -2.29. The van der Waals surface area contributed by atoms with Gasteiger partial charge in [-0.1, -0.05) is 26.8 Å². The molecule has 208 valence electrons. The third-order valence-corrected chi connectivity index (χ3v) is 5.86. The molecule has 2 rings (SSSR count). The van der Waals surface area contributed by atoms with Gasteiger partial charge in [-0.25, -0.2) is 0 Å². The summed E-state index contributed by atoms with van der Waals surface area (Å²) in [5.74, 6) is -4.65. The molecular formula is C26H36N4O8. The summed E-state index contributed by atoms with van der Waals surface area (Å²) in [4.78, 5) is 63.9. The summed E-state index contributed by atoms with van der Waals surface area (Å²) in [7, 11) is 0. The molecule has 0 bridgehead atoms. The number of benzene rings is 1. The van der Waals surface area contributed by atoms with Gasteiger partial charge >= 0.3 is 5.97 Å². The Labute approximate surface area is 221 Å². The zero-order chi connectivity index (χ0) is 28.6. The Balaban J connectivity index is 2.32. The molecule has 12 heteroatoms. The van der Waals surface area contributed by atoms with Crippen molar-refractivity contribution in [3.05, 3.63) is 29.8 Å². The maximum Gasteiger partial charge on any atom is 0.310 e. The van der Waals surface area contributed by atoms with E-state index in [9.17, 15) is 34.2 Å². The van der Waals surface area contributed by atoms with Crippen molar-refractivity contribution in [2.75, 3.05) is 6.54 Å². The van der Waals surface area contributed by atoms with E-state index in [2.05, 4.69) is 21.3 Å². The highest BCUT2D eigenvalue weighted by atomic mass is 16.5. The van der Waals surface area contributed by atoms with Gasteiger partial charge in [-0.2, -0.15) is 0 Å². The van der Waals surface area contributed by atoms with Gasteiger partial charge in [0.05, 0.1) is 5.92 Å². The maximum atomic E-state index is 13.3. The summed E-state index contributed by atoms with van der Waals surface area (Å²) < 4.78 is 5.44. The summed E-state index contributed by atoms with van der Waals surface area (Å²) in [6, 6.07) is 0.677. The first kappa shape index (κ1) is 30.1. The number of cyclic esters (lactones) is 1. The molecule has 0 unspecified atom stereocenters. The minimum Gasteiger partial charge on any atom is -0.504 e. The van der Waals surface area contributed by atoms with Crippen molar-refractivity contribution >= 4 is 35.7 Å². The second kappa shape index (κ2) is 13.5. The van der Waals surface area contributed by atoms with E-state index in [-0.39, 0.29) is 30.4 Å². The average Bonchev–Trinajstić information content (AvgIpc) is 2.84. The van der Waals surface area contributed by atoms with Gasteiger partial charge in [0, 0.05) is 12.6 Å². The molecule has 1 heterocycles. The van der Waals surface area contributed by atoms with Crippen LogP contribution in [0.25, 0.3) is 6.08 Å². The van der Waals surface area contributed by atoms with Crippen molar-refractivity contribution < 1.29 is 38.9 Å². The zero-order valence-electron chi connectivity index (χ0n) is 22.1. The standard InChI is InChI=1S/C26H36N4O8/c1-13(2)10-18-24(35)28-15(4)23(34)27-12-14(3)26(37)38-16(5)22(25(36)29-18)30-21(33)9-7-17-6-8-19(31)20(32)11-17/h6-9,11,13-16,18,22,31-32H,10,12H2,1-5H3,(H,27,34)(H,28,35)(H,29,36)(H,30,33)/t14-,15+,16+,18-,22-/m0/s1. The fourth-order valence-electron chi connectivity index (χ4n) is 3.61. The van der Waals surface area contributed by atoms with Crippen LogP contribution in [0.15, 0.2) is 24.3 Å². The molecule has 0 spiro atoms. The van der Waals surface area contributed by atoms with Crippen molar-refractivity contribution in [2.45, 2.75) is 65.3 Å². The largest absolute Gasteiger partial charge is 0.504 e. The van der Waals surface area contributed by atoms with E-state index in [4.69, 9.17) is 4.74 Å². The Morgan fingerprint density at radius 2 is 1.74 bits per heavy atom. The van der Waals surface area contributed by atoms with E-state index in [0.717, 1.165) is 6.08 Å². The summed E-state index contributed by atoms with van der Waals surface area (Å²) in [5.41, 5.74) is 0.407. The average molecular weight is 533 g/mol. The highest BCUT2D eigenvalue weighted by Gasteiger charge is 2.34. The Bertz CT molecular complexity index is 1090. The number of ether oxygens (including phenoxy) is 1. The van der Waals surface area contributed by atoms with Crippen LogP contribution >= 0.6 is 0 Å². The van der Waals surface area contributed by atoms with E-state index < -0.39 is 59.7 Å². The third-order valence-electron chi connectivity index (χ3n) is 5.86. The number of nitrogens with one attached hydrogen (secondary N) is 4. The predicted octanol–water partition coefficient (Wildman–Crippen LogP) is 0.329. The first-order valence-corrected chi connectivity index (χ1v) is 12.4. The van der Waals surface area contributed by atoms with Crippen LogP contribution in [0.3, 0.4) is 0 Å². The SMILES string of the molecule is CC(C)C[C@@H]1NC(=O)[C@@H](NC(=O)C=Cc2ccc(O)c(O)c2)[C@@H](C)OC(=O)[C@@H](C)CNC(=O)[C@@H](C)NC1=O. The number of hydrogen-bond acceptors (Lipinski definition) is 8. The normalized spacial score (nSPS) is 25.7. The predicted molar refractivity (Wildman–Crippen MR) is 137 cm³/mol. The fraction of sp³-hybridized carbons (Fsp3) is 0.500. The number of phenolic OH excluding ortho intramolecular Hbond substituents is 2. The van der Waals surface area contributed by atoms with Crippen LogP contribution in [-0.4, -0.2) is 70.6 Å². The van der Waals surface area contributed by atoms with Crippen molar-refractivity contribution in [3.63, 3.8) is 0 Å². The van der Waals surface area contributed by atoms with Crippen molar-refractivity contribution in [1.29, 1.82) is 0 Å². The summed E-state index contributed by atoms with van der Waals surface area (Å²) in [6.45, 7) is 8.12. The second-order valence-electron chi connectivity index (χ2n) is 9.78. The summed E-state index contributed by atoms with van der Waals surface area (Å²) in [5, 5.41) is 29.4. The van der Waals surface area contributed by atoms with Crippen LogP contribution in [0.2, 0.25) is 0 Å². The number of aromatic hydroxyl groups is 2. The van der Waals surface area contributed by atoms with E-state index in [1.807, 2.05) is 13.8 Å². The van der Waals surface area contributed by atoms with Gasteiger partial charge < -0.3 is 36.2 Å². The Kier molecular flexibility index (Phi) is 10.7. The monoisotopic (exact) mass is 532 g/mol. The quantitative estimate of drug-likeness (QED) is 0.178. The number of rotatable bonds is 5. The first-order chi connectivity index (χ1) is 17.8. The Hall–Kier alpha value is -4.09. The molecule has 38 heavy (non-hydrogen) atoms. The van der Waals surface area contributed by atoms with Crippen LogP contribution in [0, 0.1) is 11.8 Å². The van der Waals surface area contributed by atoms with Crippen molar-refractivity contribution in [2.24, 2.45) is 11.8 Å². The highest BCUT2D eigenvalue weighted by molar-refractivity contribution is 5.97. The van der Waals surface area contributed by atoms with Crippen LogP contribution in [0.5, 0.6) is 11.5 Å². The number of esters is 1. The van der Waals surface area contributed by atoms with Gasteiger partial charge in [-0.15, -0.1) is 0 Å². The van der Waals surface area contributed by atoms with Gasteiger partial charge in [0.2, 0.25) is 23.6 Å². The molecule has 4 amide bonds. The molecule has 12 nitrogen and oxygen atoms in total. The minimum atomic E-state index is -1.35. The van der Waals surface area contributed by atoms with Crippen molar-refractivity contribution in [3.8, 4) is 11.5 Å². The van der Waals surface area contributed by atoms with E-state index in [1.54, 1.807) is 0 Å². The highest BCUT2D eigenvalue weighted by Crippen LogP contribution is 2.25. The fourth-order valence-corrected chi connectivity index (χ4v) is 3.61. The molecule has 1 aliphatic rings. The molecule has 1 fully saturated rings. The van der Waals surface area contributed by atoms with Gasteiger partial charge in [0.15, 0.2) is 11.5 Å². The second-order valence-corrected chi connectivity index (χ2v) is 9.78. The third kappa shape index (κ3) is 8.79. The molecule has 1 aromatic carbocycles. The number of carbonyl (C=O) groups excluding carboxylic acids is 5. The molecule has 1 saturated heterocycles. The molecular weight excluding hydrogens is 496 g/mol. The Morgan fingerprint density at radius 1 is 1.05 bits per heavy atom. The van der Waals surface area contributed by atoms with Gasteiger partial charge in [0.25, 0.3) is 0 Å². The molecule has 0 saturated carbocycles.